The summed E-state index contributed by atoms with van der Waals surface area (Å²) in [6.07, 6.45) is 1.51. The van der Waals surface area contributed by atoms with Crippen molar-refractivity contribution < 1.29 is 9.53 Å². The molecule has 2 N–H and O–H groups in total. The van der Waals surface area contributed by atoms with Crippen molar-refractivity contribution in [2.75, 3.05) is 12.4 Å². The Morgan fingerprint density at radius 2 is 1.80 bits per heavy atom. The number of ether oxygens (including phenoxy) is 1. The maximum Gasteiger partial charge on any atom is 0.262 e. The Morgan fingerprint density at radius 1 is 1.12 bits per heavy atom. The highest BCUT2D eigenvalue weighted by atomic mass is 16.5. The van der Waals surface area contributed by atoms with E-state index in [1.54, 1.807) is 14.0 Å². The molecule has 0 heterocycles. The van der Waals surface area contributed by atoms with E-state index in [9.17, 15) is 4.79 Å². The normalized spacial score (nSPS) is 12.4. The lowest BCUT2D eigenvalue weighted by atomic mass is 10.1. The highest BCUT2D eigenvalue weighted by Gasteiger charge is 2.14. The molecule has 1 atom stereocenters. The number of methoxy groups -OCH3 is 1. The van der Waals surface area contributed by atoms with E-state index in [4.69, 9.17) is 4.74 Å². The van der Waals surface area contributed by atoms with E-state index in [0.717, 1.165) is 24.2 Å². The number of rotatable bonds is 8. The van der Waals surface area contributed by atoms with Gasteiger partial charge in [0.25, 0.3) is 5.91 Å². The molecule has 0 spiro atoms. The Hall–Kier alpha value is -2.82. The van der Waals surface area contributed by atoms with Gasteiger partial charge in [-0.15, -0.1) is 0 Å². The van der Waals surface area contributed by atoms with Crippen molar-refractivity contribution in [3.63, 3.8) is 0 Å². The first-order valence-corrected chi connectivity index (χ1v) is 8.42. The molecule has 2 aromatic carbocycles. The van der Waals surface area contributed by atoms with Crippen LogP contribution in [0.2, 0.25) is 0 Å². The molecule has 0 saturated carbocycles. The first kappa shape index (κ1) is 18.5. The van der Waals surface area contributed by atoms with Gasteiger partial charge < -0.3 is 10.1 Å². The number of carbonyl (C=O) groups excluding carboxylic acids is 1. The van der Waals surface area contributed by atoms with Crippen LogP contribution in [0.3, 0.4) is 0 Å². The SMILES string of the molecule is CC/C(Cc1ccccc1)=N\NC(=O)[C@@H](C)Nc1ccccc1OC. The Balaban J connectivity index is 1.95. The van der Waals surface area contributed by atoms with Crippen LogP contribution in [0.1, 0.15) is 25.8 Å². The second kappa shape index (κ2) is 9.47. The third-order valence-corrected chi connectivity index (χ3v) is 3.86. The van der Waals surface area contributed by atoms with Crippen molar-refractivity contribution in [2.24, 2.45) is 5.10 Å². The zero-order chi connectivity index (χ0) is 18.1. The molecule has 5 nitrogen and oxygen atoms in total. The monoisotopic (exact) mass is 339 g/mol. The molecule has 132 valence electrons. The van der Waals surface area contributed by atoms with E-state index in [0.29, 0.717) is 5.75 Å². The first-order valence-electron chi connectivity index (χ1n) is 8.42. The lowest BCUT2D eigenvalue weighted by Gasteiger charge is -2.16. The molecule has 0 aliphatic heterocycles. The standard InChI is InChI=1S/C20H25N3O2/c1-4-17(14-16-10-6-5-7-11-16)22-23-20(24)15(2)21-18-12-8-9-13-19(18)25-3/h5-13,15,21H,4,14H2,1-3H3,(H,23,24)/b22-17+/t15-/m1/s1. The summed E-state index contributed by atoms with van der Waals surface area (Å²) in [4.78, 5) is 12.3. The average molecular weight is 339 g/mol. The summed E-state index contributed by atoms with van der Waals surface area (Å²) in [5.74, 6) is 0.508. The Kier molecular flexibility index (Phi) is 7.01. The van der Waals surface area contributed by atoms with E-state index >= 15 is 0 Å². The minimum absolute atomic E-state index is 0.190. The van der Waals surface area contributed by atoms with Gasteiger partial charge in [-0.2, -0.15) is 5.10 Å². The van der Waals surface area contributed by atoms with Gasteiger partial charge in [0.1, 0.15) is 11.8 Å². The number of hydrazone groups is 1. The average Bonchev–Trinajstić information content (AvgIpc) is 2.66. The quantitative estimate of drug-likeness (QED) is 0.570. The molecule has 0 radical (unpaired) electrons. The van der Waals surface area contributed by atoms with Crippen molar-refractivity contribution in [1.82, 2.24) is 5.43 Å². The topological polar surface area (TPSA) is 62.7 Å². The molecule has 0 aromatic heterocycles. The highest BCUT2D eigenvalue weighted by Crippen LogP contribution is 2.23. The van der Waals surface area contributed by atoms with Gasteiger partial charge in [-0.1, -0.05) is 49.4 Å². The lowest BCUT2D eigenvalue weighted by molar-refractivity contribution is -0.121. The van der Waals surface area contributed by atoms with Gasteiger partial charge >= 0.3 is 0 Å². The summed E-state index contributed by atoms with van der Waals surface area (Å²) in [7, 11) is 1.60. The fourth-order valence-electron chi connectivity index (χ4n) is 2.37. The smallest absolute Gasteiger partial charge is 0.262 e. The van der Waals surface area contributed by atoms with Crippen LogP contribution < -0.4 is 15.5 Å². The van der Waals surface area contributed by atoms with Gasteiger partial charge in [0.15, 0.2) is 0 Å². The van der Waals surface area contributed by atoms with Gasteiger partial charge in [-0.05, 0) is 31.0 Å². The summed E-state index contributed by atoms with van der Waals surface area (Å²) in [5, 5.41) is 7.43. The number of hydrogen-bond donors (Lipinski definition) is 2. The van der Waals surface area contributed by atoms with Gasteiger partial charge in [0.2, 0.25) is 0 Å². The molecule has 0 unspecified atom stereocenters. The number of carbonyl (C=O) groups is 1. The van der Waals surface area contributed by atoms with Crippen LogP contribution in [0.25, 0.3) is 0 Å². The van der Waals surface area contributed by atoms with Crippen LogP contribution in [0.15, 0.2) is 59.7 Å². The summed E-state index contributed by atoms with van der Waals surface area (Å²) in [6.45, 7) is 3.82. The largest absolute Gasteiger partial charge is 0.495 e. The number of nitrogens with zero attached hydrogens (tertiary/aromatic N) is 1. The minimum atomic E-state index is -0.435. The van der Waals surface area contributed by atoms with E-state index in [1.807, 2.05) is 49.4 Å². The number of para-hydroxylation sites is 2. The Morgan fingerprint density at radius 3 is 2.48 bits per heavy atom. The van der Waals surface area contributed by atoms with Gasteiger partial charge in [-0.25, -0.2) is 5.43 Å². The lowest BCUT2D eigenvalue weighted by Crippen LogP contribution is -2.35. The molecule has 1 amide bonds. The number of anilines is 1. The van der Waals surface area contributed by atoms with Crippen LogP contribution in [-0.2, 0) is 11.2 Å². The predicted octanol–water partition coefficient (Wildman–Crippen LogP) is 3.62. The van der Waals surface area contributed by atoms with E-state index in [1.165, 1.54) is 5.56 Å². The molecule has 0 aliphatic rings. The number of hydrogen-bond acceptors (Lipinski definition) is 4. The van der Waals surface area contributed by atoms with E-state index in [2.05, 4.69) is 28.0 Å². The zero-order valence-electron chi connectivity index (χ0n) is 15.0. The Bertz CT molecular complexity index is 714. The molecular formula is C20H25N3O2. The van der Waals surface area contributed by atoms with Crippen molar-refractivity contribution in [3.05, 3.63) is 60.2 Å². The Labute approximate surface area is 149 Å². The molecule has 0 bridgehead atoms. The fourth-order valence-corrected chi connectivity index (χ4v) is 2.37. The van der Waals surface area contributed by atoms with Crippen LogP contribution in [0, 0.1) is 0 Å². The number of nitrogens with one attached hydrogen (secondary N) is 2. The van der Waals surface area contributed by atoms with Crippen LogP contribution in [0.4, 0.5) is 5.69 Å². The van der Waals surface area contributed by atoms with Crippen molar-refractivity contribution in [3.8, 4) is 5.75 Å². The van der Waals surface area contributed by atoms with Crippen molar-refractivity contribution in [2.45, 2.75) is 32.7 Å². The van der Waals surface area contributed by atoms with Crippen LogP contribution >= 0.6 is 0 Å². The third-order valence-electron chi connectivity index (χ3n) is 3.86. The number of amides is 1. The second-order valence-corrected chi connectivity index (χ2v) is 5.74. The second-order valence-electron chi connectivity index (χ2n) is 5.74. The molecule has 25 heavy (non-hydrogen) atoms. The summed E-state index contributed by atoms with van der Waals surface area (Å²) >= 11 is 0. The predicted molar refractivity (Wildman–Crippen MR) is 102 cm³/mol. The first-order chi connectivity index (χ1) is 12.1. The zero-order valence-corrected chi connectivity index (χ0v) is 15.0. The molecule has 0 fully saturated rings. The number of benzene rings is 2. The van der Waals surface area contributed by atoms with Crippen LogP contribution in [-0.4, -0.2) is 24.8 Å². The summed E-state index contributed by atoms with van der Waals surface area (Å²) < 4.78 is 5.29. The summed E-state index contributed by atoms with van der Waals surface area (Å²) in [5.41, 5.74) is 5.54. The molecule has 2 rings (SSSR count). The third kappa shape index (κ3) is 5.64. The van der Waals surface area contributed by atoms with Gasteiger partial charge in [-0.3, -0.25) is 4.79 Å². The maximum absolute atomic E-state index is 12.3. The molecular weight excluding hydrogens is 314 g/mol. The van der Waals surface area contributed by atoms with E-state index < -0.39 is 6.04 Å². The van der Waals surface area contributed by atoms with Crippen molar-refractivity contribution in [1.29, 1.82) is 0 Å². The minimum Gasteiger partial charge on any atom is -0.495 e. The van der Waals surface area contributed by atoms with E-state index in [-0.39, 0.29) is 5.91 Å². The fraction of sp³-hybridized carbons (Fsp3) is 0.300. The van der Waals surface area contributed by atoms with Gasteiger partial charge in [0, 0.05) is 12.1 Å². The summed E-state index contributed by atoms with van der Waals surface area (Å²) in [6, 6.07) is 17.2. The molecule has 0 aliphatic carbocycles. The molecule has 0 saturated heterocycles. The van der Waals surface area contributed by atoms with Gasteiger partial charge in [0.05, 0.1) is 12.8 Å². The highest BCUT2D eigenvalue weighted by molar-refractivity contribution is 5.89. The van der Waals surface area contributed by atoms with Crippen LogP contribution in [0.5, 0.6) is 5.75 Å². The maximum atomic E-state index is 12.3. The molecule has 2 aromatic rings. The van der Waals surface area contributed by atoms with Crippen molar-refractivity contribution >= 4 is 17.3 Å². The molecule has 5 heteroatoms.